The maximum absolute atomic E-state index is 13.8. The van der Waals surface area contributed by atoms with Gasteiger partial charge in [0, 0.05) is 11.9 Å². The number of para-hydroxylation sites is 1. The second-order valence-electron chi connectivity index (χ2n) is 8.12. The number of ketones is 1. The van der Waals surface area contributed by atoms with Gasteiger partial charge < -0.3 is 20.5 Å². The average molecular weight is 514 g/mol. The molecule has 4 rings (SSSR count). The first-order valence-corrected chi connectivity index (χ1v) is 12.9. The lowest BCUT2D eigenvalue weighted by Gasteiger charge is -2.20. The molecule has 0 aliphatic rings. The quantitative estimate of drug-likeness (QED) is 0.158. The van der Waals surface area contributed by atoms with Gasteiger partial charge in [0.1, 0.15) is 22.6 Å². The normalized spacial score (nSPS) is 11.5. The molecule has 1 atom stereocenters. The van der Waals surface area contributed by atoms with Crippen LogP contribution in [-0.2, 0) is 11.3 Å². The van der Waals surface area contributed by atoms with Gasteiger partial charge >= 0.3 is 0 Å². The van der Waals surface area contributed by atoms with E-state index in [4.69, 9.17) is 15.2 Å². The molecule has 8 heteroatoms. The van der Waals surface area contributed by atoms with E-state index in [1.165, 1.54) is 11.8 Å². The number of nitrogen functional groups attached to an aromatic ring is 1. The van der Waals surface area contributed by atoms with E-state index in [9.17, 15) is 9.59 Å². The number of rotatable bonds is 11. The number of pyridine rings is 1. The molecule has 0 fully saturated rings. The summed E-state index contributed by atoms with van der Waals surface area (Å²) < 4.78 is 11.9. The van der Waals surface area contributed by atoms with Gasteiger partial charge in [0.15, 0.2) is 5.78 Å². The van der Waals surface area contributed by atoms with Crippen LogP contribution in [0.4, 0.5) is 5.69 Å². The van der Waals surface area contributed by atoms with Crippen molar-refractivity contribution in [2.24, 2.45) is 0 Å². The minimum absolute atomic E-state index is 0.0233. The number of anilines is 1. The lowest BCUT2D eigenvalue weighted by Crippen LogP contribution is -2.44. The van der Waals surface area contributed by atoms with Gasteiger partial charge in [0.25, 0.3) is 5.91 Å². The maximum Gasteiger partial charge on any atom is 0.254 e. The number of Topliss-reactive ketones (excluding diaryl/α,β-unsaturated/α-hetero) is 1. The van der Waals surface area contributed by atoms with Gasteiger partial charge in [-0.2, -0.15) is 0 Å². The largest absolute Gasteiger partial charge is 0.457 e. The summed E-state index contributed by atoms with van der Waals surface area (Å²) in [5, 5.41) is 3.42. The van der Waals surface area contributed by atoms with Crippen LogP contribution < -0.4 is 15.8 Å². The van der Waals surface area contributed by atoms with Crippen LogP contribution >= 0.6 is 11.8 Å². The number of hydrogen-bond acceptors (Lipinski definition) is 7. The zero-order chi connectivity index (χ0) is 26.0. The molecule has 1 amide bonds. The Bertz CT molecular complexity index is 1350. The summed E-state index contributed by atoms with van der Waals surface area (Å²) in [5.41, 5.74) is 8.05. The third-order valence-corrected chi connectivity index (χ3v) is 6.20. The second-order valence-corrected chi connectivity index (χ2v) is 8.91. The Morgan fingerprint density at radius 2 is 1.62 bits per heavy atom. The first-order chi connectivity index (χ1) is 18.0. The SMILES string of the molecule is CSc1ncccc1C(=O)NC(COCc1ccccc1)C(=O)c1ccccc1Oc1ccc(N)cc1. The van der Waals surface area contributed by atoms with Crippen molar-refractivity contribution in [1.29, 1.82) is 0 Å². The van der Waals surface area contributed by atoms with Crippen LogP contribution in [0.5, 0.6) is 11.5 Å². The summed E-state index contributed by atoms with van der Waals surface area (Å²) in [7, 11) is 0. The number of carbonyl (C=O) groups is 2. The van der Waals surface area contributed by atoms with E-state index in [-0.39, 0.29) is 12.4 Å². The summed E-state index contributed by atoms with van der Waals surface area (Å²) in [6.45, 7) is 0.275. The molecule has 1 heterocycles. The number of benzene rings is 3. The number of nitrogens with two attached hydrogens (primary N) is 1. The van der Waals surface area contributed by atoms with Gasteiger partial charge in [-0.05, 0) is 60.4 Å². The fourth-order valence-corrected chi connectivity index (χ4v) is 4.17. The third-order valence-electron chi connectivity index (χ3n) is 5.49. The molecule has 3 N–H and O–H groups in total. The van der Waals surface area contributed by atoms with Gasteiger partial charge in [-0.15, -0.1) is 11.8 Å². The van der Waals surface area contributed by atoms with Gasteiger partial charge in [-0.25, -0.2) is 4.98 Å². The molecule has 7 nitrogen and oxygen atoms in total. The van der Waals surface area contributed by atoms with E-state index < -0.39 is 11.9 Å². The van der Waals surface area contributed by atoms with E-state index in [1.54, 1.807) is 66.9 Å². The standard InChI is InChI=1S/C29H27N3O4S/c1-37-29-24(11-7-17-31-29)28(34)32-25(19-35-18-20-8-3-2-4-9-20)27(33)23-10-5-6-12-26(23)36-22-15-13-21(30)14-16-22/h2-17,25H,18-19,30H2,1H3,(H,32,34). The highest BCUT2D eigenvalue weighted by molar-refractivity contribution is 7.98. The Morgan fingerprint density at radius 1 is 0.919 bits per heavy atom. The number of aromatic nitrogens is 1. The summed E-state index contributed by atoms with van der Waals surface area (Å²) in [6.07, 6.45) is 3.47. The minimum atomic E-state index is -0.956. The molecule has 0 bridgehead atoms. The van der Waals surface area contributed by atoms with Crippen molar-refractivity contribution in [1.82, 2.24) is 10.3 Å². The van der Waals surface area contributed by atoms with Crippen LogP contribution in [-0.4, -0.2) is 35.6 Å². The summed E-state index contributed by atoms with van der Waals surface area (Å²) in [5.74, 6) is 0.166. The van der Waals surface area contributed by atoms with Crippen molar-refractivity contribution in [3.05, 3.63) is 114 Å². The first kappa shape index (κ1) is 25.9. The molecular weight excluding hydrogens is 486 g/mol. The highest BCUT2D eigenvalue weighted by Crippen LogP contribution is 2.27. The molecule has 0 spiro atoms. The molecule has 0 saturated heterocycles. The Balaban J connectivity index is 1.58. The Morgan fingerprint density at radius 3 is 2.38 bits per heavy atom. The Labute approximate surface area is 220 Å². The number of ether oxygens (including phenoxy) is 2. The van der Waals surface area contributed by atoms with Crippen molar-refractivity contribution in [2.45, 2.75) is 17.7 Å². The number of nitrogens with one attached hydrogen (secondary N) is 1. The zero-order valence-corrected chi connectivity index (χ0v) is 21.1. The van der Waals surface area contributed by atoms with Gasteiger partial charge in [0.2, 0.25) is 0 Å². The van der Waals surface area contributed by atoms with E-state index >= 15 is 0 Å². The van der Waals surface area contributed by atoms with E-state index in [2.05, 4.69) is 10.3 Å². The lowest BCUT2D eigenvalue weighted by atomic mass is 10.0. The van der Waals surface area contributed by atoms with Gasteiger partial charge in [0.05, 0.1) is 24.3 Å². The van der Waals surface area contributed by atoms with E-state index in [0.717, 1.165) is 5.56 Å². The number of amides is 1. The predicted octanol–water partition coefficient (Wildman–Crippen LogP) is 5.38. The zero-order valence-electron chi connectivity index (χ0n) is 20.3. The third kappa shape index (κ3) is 6.97. The van der Waals surface area contributed by atoms with Crippen LogP contribution in [0.1, 0.15) is 26.3 Å². The number of hydrogen-bond donors (Lipinski definition) is 2. The Kier molecular flexibility index (Phi) is 8.91. The monoisotopic (exact) mass is 513 g/mol. The second kappa shape index (κ2) is 12.7. The fourth-order valence-electron chi connectivity index (χ4n) is 3.62. The summed E-state index contributed by atoms with van der Waals surface area (Å²) in [4.78, 5) is 31.2. The number of nitrogens with zero attached hydrogens (tertiary/aromatic N) is 1. The van der Waals surface area contributed by atoms with Crippen molar-refractivity contribution < 1.29 is 19.1 Å². The van der Waals surface area contributed by atoms with Crippen LogP contribution in [0.25, 0.3) is 0 Å². The fraction of sp³-hybridized carbons (Fsp3) is 0.138. The molecule has 37 heavy (non-hydrogen) atoms. The summed E-state index contributed by atoms with van der Waals surface area (Å²) >= 11 is 1.36. The van der Waals surface area contributed by atoms with Crippen LogP contribution in [0.3, 0.4) is 0 Å². The van der Waals surface area contributed by atoms with E-state index in [0.29, 0.717) is 39.9 Å². The maximum atomic E-state index is 13.8. The minimum Gasteiger partial charge on any atom is -0.457 e. The predicted molar refractivity (Wildman–Crippen MR) is 145 cm³/mol. The van der Waals surface area contributed by atoms with Gasteiger partial charge in [-0.3, -0.25) is 9.59 Å². The molecule has 1 unspecified atom stereocenters. The van der Waals surface area contributed by atoms with Crippen LogP contribution in [0.2, 0.25) is 0 Å². The molecule has 0 radical (unpaired) electrons. The summed E-state index contributed by atoms with van der Waals surface area (Å²) in [6, 6.07) is 25.8. The molecular formula is C29H27N3O4S. The van der Waals surface area contributed by atoms with Crippen molar-refractivity contribution in [3.63, 3.8) is 0 Å². The average Bonchev–Trinajstić information content (AvgIpc) is 2.94. The first-order valence-electron chi connectivity index (χ1n) is 11.6. The van der Waals surface area contributed by atoms with Gasteiger partial charge in [-0.1, -0.05) is 42.5 Å². The molecule has 3 aromatic carbocycles. The van der Waals surface area contributed by atoms with Crippen molar-refractivity contribution >= 4 is 29.1 Å². The number of thioether (sulfide) groups is 1. The molecule has 1 aromatic heterocycles. The Hall–Kier alpha value is -4.14. The van der Waals surface area contributed by atoms with Crippen LogP contribution in [0.15, 0.2) is 102 Å². The topological polar surface area (TPSA) is 104 Å². The highest BCUT2D eigenvalue weighted by Gasteiger charge is 2.27. The highest BCUT2D eigenvalue weighted by atomic mass is 32.2. The smallest absolute Gasteiger partial charge is 0.254 e. The molecule has 188 valence electrons. The van der Waals surface area contributed by atoms with Crippen LogP contribution in [0, 0.1) is 0 Å². The molecule has 4 aromatic rings. The van der Waals surface area contributed by atoms with Crippen molar-refractivity contribution in [2.75, 3.05) is 18.6 Å². The number of carbonyl (C=O) groups excluding carboxylic acids is 2. The van der Waals surface area contributed by atoms with E-state index in [1.807, 2.05) is 36.6 Å². The molecule has 0 aliphatic carbocycles. The molecule has 0 aliphatic heterocycles. The molecule has 0 saturated carbocycles. The van der Waals surface area contributed by atoms with Crippen molar-refractivity contribution in [3.8, 4) is 11.5 Å². The lowest BCUT2D eigenvalue weighted by molar-refractivity contribution is 0.0669.